The maximum absolute atomic E-state index is 5.94. The van der Waals surface area contributed by atoms with Crippen LogP contribution in [0.15, 0.2) is 42.7 Å². The van der Waals surface area contributed by atoms with E-state index >= 15 is 0 Å². The molecule has 2 aromatic rings. The zero-order chi connectivity index (χ0) is 13.0. The van der Waals surface area contributed by atoms with E-state index in [0.29, 0.717) is 5.88 Å². The molecular weight excluding hydrogens is 244 g/mol. The molecule has 1 aromatic heterocycles. The number of aryl methyl sites for hydroxylation is 1. The molecule has 0 aliphatic rings. The number of halogens is 1. The summed E-state index contributed by atoms with van der Waals surface area (Å²) in [5.74, 6) is 0.487. The number of aromatic nitrogens is 1. The minimum atomic E-state index is 0.487. The lowest BCUT2D eigenvalue weighted by molar-refractivity contribution is 0.904. The van der Waals surface area contributed by atoms with Crippen LogP contribution >= 0.6 is 11.6 Å². The number of rotatable bonds is 4. The van der Waals surface area contributed by atoms with E-state index in [9.17, 15) is 0 Å². The van der Waals surface area contributed by atoms with Crippen molar-refractivity contribution >= 4 is 17.3 Å². The number of hydrogen-bond acceptors (Lipinski definition) is 2. The molecule has 0 aliphatic carbocycles. The Labute approximate surface area is 113 Å². The molecule has 94 valence electrons. The molecule has 0 spiro atoms. The van der Waals surface area contributed by atoms with E-state index in [1.165, 1.54) is 11.1 Å². The highest BCUT2D eigenvalue weighted by Crippen LogP contribution is 2.22. The van der Waals surface area contributed by atoms with Crippen LogP contribution in [0.2, 0.25) is 0 Å². The summed E-state index contributed by atoms with van der Waals surface area (Å²) < 4.78 is 0. The molecule has 3 heteroatoms. The average Bonchev–Trinajstić information content (AvgIpc) is 2.41. The number of pyridine rings is 1. The summed E-state index contributed by atoms with van der Waals surface area (Å²) in [7, 11) is 2.08. The first-order valence-corrected chi connectivity index (χ1v) is 6.50. The number of alkyl halides is 1. The highest BCUT2D eigenvalue weighted by molar-refractivity contribution is 6.17. The number of hydrogen-bond donors (Lipinski definition) is 0. The topological polar surface area (TPSA) is 16.1 Å². The predicted molar refractivity (Wildman–Crippen MR) is 77.1 cm³/mol. The molecule has 0 atom stereocenters. The van der Waals surface area contributed by atoms with E-state index in [1.54, 1.807) is 6.20 Å². The molecule has 2 rings (SSSR count). The van der Waals surface area contributed by atoms with Gasteiger partial charge in [0.25, 0.3) is 0 Å². The van der Waals surface area contributed by atoms with Gasteiger partial charge in [0.15, 0.2) is 0 Å². The van der Waals surface area contributed by atoms with Gasteiger partial charge in [-0.25, -0.2) is 0 Å². The monoisotopic (exact) mass is 260 g/mol. The van der Waals surface area contributed by atoms with Crippen molar-refractivity contribution < 1.29 is 0 Å². The van der Waals surface area contributed by atoms with Gasteiger partial charge in [-0.1, -0.05) is 24.3 Å². The summed E-state index contributed by atoms with van der Waals surface area (Å²) in [5, 5.41) is 0. The molecule has 1 aromatic carbocycles. The Bertz CT molecular complexity index is 525. The highest BCUT2D eigenvalue weighted by Gasteiger charge is 2.08. The van der Waals surface area contributed by atoms with Crippen molar-refractivity contribution in [1.82, 2.24) is 4.98 Å². The number of anilines is 1. The van der Waals surface area contributed by atoms with Crippen LogP contribution in [-0.2, 0) is 12.4 Å². The van der Waals surface area contributed by atoms with Crippen molar-refractivity contribution in [2.24, 2.45) is 0 Å². The molecule has 18 heavy (non-hydrogen) atoms. The Balaban J connectivity index is 2.22. The van der Waals surface area contributed by atoms with Gasteiger partial charge in [0.05, 0.1) is 5.88 Å². The molecule has 0 saturated carbocycles. The minimum Gasteiger partial charge on any atom is -0.370 e. The van der Waals surface area contributed by atoms with Crippen molar-refractivity contribution in [3.63, 3.8) is 0 Å². The van der Waals surface area contributed by atoms with Crippen molar-refractivity contribution in [3.8, 4) is 0 Å². The lowest BCUT2D eigenvalue weighted by Gasteiger charge is -2.22. The van der Waals surface area contributed by atoms with Gasteiger partial charge in [-0.2, -0.15) is 0 Å². The summed E-state index contributed by atoms with van der Waals surface area (Å²) in [6, 6.07) is 10.4. The fourth-order valence-corrected chi connectivity index (χ4v) is 2.23. The maximum atomic E-state index is 5.94. The normalized spacial score (nSPS) is 10.4. The Morgan fingerprint density at radius 3 is 2.67 bits per heavy atom. The van der Waals surface area contributed by atoms with Crippen molar-refractivity contribution in [1.29, 1.82) is 0 Å². The van der Waals surface area contributed by atoms with Crippen molar-refractivity contribution in [2.75, 3.05) is 11.9 Å². The molecule has 0 saturated heterocycles. The minimum absolute atomic E-state index is 0.487. The van der Waals surface area contributed by atoms with E-state index < -0.39 is 0 Å². The molecule has 0 N–H and O–H groups in total. The van der Waals surface area contributed by atoms with Gasteiger partial charge in [0.1, 0.15) is 0 Å². The fraction of sp³-hybridized carbons (Fsp3) is 0.267. The van der Waals surface area contributed by atoms with Crippen LogP contribution in [0.5, 0.6) is 0 Å². The van der Waals surface area contributed by atoms with Crippen LogP contribution in [0.1, 0.15) is 16.7 Å². The van der Waals surface area contributed by atoms with E-state index in [4.69, 9.17) is 11.6 Å². The van der Waals surface area contributed by atoms with Gasteiger partial charge < -0.3 is 4.90 Å². The average molecular weight is 261 g/mol. The van der Waals surface area contributed by atoms with Gasteiger partial charge in [0, 0.05) is 37.2 Å². The summed E-state index contributed by atoms with van der Waals surface area (Å²) in [6.45, 7) is 3.01. The lowest BCUT2D eigenvalue weighted by Crippen LogP contribution is -2.18. The largest absolute Gasteiger partial charge is 0.370 e. The number of nitrogens with zero attached hydrogens (tertiary/aromatic N) is 2. The highest BCUT2D eigenvalue weighted by atomic mass is 35.5. The second-order valence-corrected chi connectivity index (χ2v) is 4.69. The maximum Gasteiger partial charge on any atom is 0.0509 e. The van der Waals surface area contributed by atoms with E-state index in [-0.39, 0.29) is 0 Å². The van der Waals surface area contributed by atoms with Gasteiger partial charge >= 0.3 is 0 Å². The van der Waals surface area contributed by atoms with Gasteiger partial charge in [0.2, 0.25) is 0 Å². The van der Waals surface area contributed by atoms with Crippen molar-refractivity contribution in [3.05, 3.63) is 59.4 Å². The first-order valence-electron chi connectivity index (χ1n) is 5.97. The summed E-state index contributed by atoms with van der Waals surface area (Å²) in [5.41, 5.74) is 4.85. The van der Waals surface area contributed by atoms with Crippen LogP contribution in [0.25, 0.3) is 0 Å². The molecule has 0 radical (unpaired) electrons. The Kier molecular flexibility index (Phi) is 4.21. The molecule has 1 heterocycles. The SMILES string of the molecule is Cc1ccccc1CN(C)c1ccncc1CCl. The van der Waals surface area contributed by atoms with Crippen molar-refractivity contribution in [2.45, 2.75) is 19.3 Å². The number of benzene rings is 1. The zero-order valence-electron chi connectivity index (χ0n) is 10.7. The van der Waals surface area contributed by atoms with E-state index in [1.807, 2.05) is 12.3 Å². The smallest absolute Gasteiger partial charge is 0.0509 e. The predicted octanol–water partition coefficient (Wildman–Crippen LogP) is 3.77. The molecule has 2 nitrogen and oxygen atoms in total. The van der Waals surface area contributed by atoms with E-state index in [2.05, 4.69) is 48.1 Å². The Morgan fingerprint density at radius 1 is 1.17 bits per heavy atom. The molecule has 0 amide bonds. The summed E-state index contributed by atoms with van der Waals surface area (Å²) in [6.07, 6.45) is 3.64. The molecule has 0 aliphatic heterocycles. The third-order valence-electron chi connectivity index (χ3n) is 3.10. The van der Waals surface area contributed by atoms with Crippen LogP contribution in [0.4, 0.5) is 5.69 Å². The second-order valence-electron chi connectivity index (χ2n) is 4.42. The first kappa shape index (κ1) is 12.9. The summed E-state index contributed by atoms with van der Waals surface area (Å²) in [4.78, 5) is 6.32. The van der Waals surface area contributed by atoms with Crippen LogP contribution < -0.4 is 4.90 Å². The zero-order valence-corrected chi connectivity index (χ0v) is 11.5. The van der Waals surface area contributed by atoms with Crippen LogP contribution in [-0.4, -0.2) is 12.0 Å². The third kappa shape index (κ3) is 2.82. The lowest BCUT2D eigenvalue weighted by atomic mass is 10.1. The quantitative estimate of drug-likeness (QED) is 0.778. The Hall–Kier alpha value is -1.54. The molecule has 0 fully saturated rings. The fourth-order valence-electron chi connectivity index (χ4n) is 2.02. The Morgan fingerprint density at radius 2 is 1.94 bits per heavy atom. The second kappa shape index (κ2) is 5.87. The van der Waals surface area contributed by atoms with Crippen LogP contribution in [0, 0.1) is 6.92 Å². The standard InChI is InChI=1S/C15H17ClN2/c1-12-5-3-4-6-13(12)11-18(2)15-7-8-17-10-14(15)9-16/h3-8,10H,9,11H2,1-2H3. The first-order chi connectivity index (χ1) is 8.72. The van der Waals surface area contributed by atoms with Gasteiger partial charge in [-0.15, -0.1) is 11.6 Å². The molecule has 0 unspecified atom stereocenters. The van der Waals surface area contributed by atoms with Gasteiger partial charge in [-0.3, -0.25) is 4.98 Å². The third-order valence-corrected chi connectivity index (χ3v) is 3.39. The van der Waals surface area contributed by atoms with Gasteiger partial charge in [-0.05, 0) is 24.1 Å². The molecule has 0 bridgehead atoms. The summed E-state index contributed by atoms with van der Waals surface area (Å²) >= 11 is 5.94. The van der Waals surface area contributed by atoms with Crippen LogP contribution in [0.3, 0.4) is 0 Å². The van der Waals surface area contributed by atoms with E-state index in [0.717, 1.165) is 17.8 Å². The molecular formula is C15H17ClN2.